The van der Waals surface area contributed by atoms with Gasteiger partial charge in [-0.15, -0.1) is 0 Å². The molecule has 0 aliphatic rings. The van der Waals surface area contributed by atoms with Gasteiger partial charge in [-0.2, -0.15) is 5.10 Å². The largest absolute Gasteiger partial charge is 0.392 e. The van der Waals surface area contributed by atoms with Gasteiger partial charge in [0, 0.05) is 17.4 Å². The molecule has 1 aromatic carbocycles. The minimum atomic E-state index is -0.463. The zero-order valence-corrected chi connectivity index (χ0v) is 14.7. The summed E-state index contributed by atoms with van der Waals surface area (Å²) in [6.07, 6.45) is 1.48. The predicted molar refractivity (Wildman–Crippen MR) is 89.8 cm³/mol. The van der Waals surface area contributed by atoms with Crippen molar-refractivity contribution in [1.29, 1.82) is 0 Å². The van der Waals surface area contributed by atoms with E-state index >= 15 is 0 Å². The fraction of sp³-hybridized carbons (Fsp3) is 0.438. The lowest BCUT2D eigenvalue weighted by Gasteiger charge is -2.12. The van der Waals surface area contributed by atoms with Crippen LogP contribution in [0.3, 0.4) is 0 Å². The predicted octanol–water partition coefficient (Wildman–Crippen LogP) is 4.03. The van der Waals surface area contributed by atoms with E-state index in [9.17, 15) is 5.11 Å². The molecule has 0 saturated carbocycles. The van der Waals surface area contributed by atoms with Crippen LogP contribution in [0.5, 0.6) is 0 Å². The molecule has 0 fully saturated rings. The van der Waals surface area contributed by atoms with Gasteiger partial charge in [0.2, 0.25) is 0 Å². The van der Waals surface area contributed by atoms with Gasteiger partial charge in [-0.3, -0.25) is 4.68 Å². The van der Waals surface area contributed by atoms with E-state index in [4.69, 9.17) is 11.6 Å². The molecule has 1 heterocycles. The van der Waals surface area contributed by atoms with E-state index in [0.717, 1.165) is 34.4 Å². The first-order valence-corrected chi connectivity index (χ1v) is 8.38. The molecule has 5 heteroatoms. The lowest BCUT2D eigenvalue weighted by atomic mass is 10.0. The first-order valence-electron chi connectivity index (χ1n) is 7.21. The Morgan fingerprint density at radius 1 is 1.24 bits per heavy atom. The van der Waals surface area contributed by atoms with Gasteiger partial charge in [0.25, 0.3) is 0 Å². The van der Waals surface area contributed by atoms with Crippen LogP contribution in [-0.2, 0) is 25.8 Å². The smallest absolute Gasteiger partial charge is 0.0850 e. The van der Waals surface area contributed by atoms with Crippen molar-refractivity contribution in [3.05, 3.63) is 50.7 Å². The molecule has 0 bridgehead atoms. The third-order valence-corrected chi connectivity index (χ3v) is 4.47. The van der Waals surface area contributed by atoms with Crippen molar-refractivity contribution >= 4 is 27.5 Å². The highest BCUT2D eigenvalue weighted by molar-refractivity contribution is 9.10. The Bertz CT molecular complexity index is 595. The number of aliphatic hydroxyl groups is 1. The normalized spacial score (nSPS) is 12.6. The summed E-state index contributed by atoms with van der Waals surface area (Å²) < 4.78 is 2.94. The molecular weight excluding hydrogens is 352 g/mol. The summed E-state index contributed by atoms with van der Waals surface area (Å²) in [5.74, 6) is 0. The van der Waals surface area contributed by atoms with E-state index in [2.05, 4.69) is 21.0 Å². The van der Waals surface area contributed by atoms with Crippen LogP contribution in [0.25, 0.3) is 0 Å². The SMILES string of the molecule is CCc1nn(CC)c(CC(O)Cc2ccc(Br)cc2)c1Cl. The van der Waals surface area contributed by atoms with Crippen molar-refractivity contribution in [1.82, 2.24) is 9.78 Å². The quantitative estimate of drug-likeness (QED) is 0.832. The van der Waals surface area contributed by atoms with Crippen LogP contribution in [0.4, 0.5) is 0 Å². The summed E-state index contributed by atoms with van der Waals surface area (Å²) >= 11 is 9.79. The molecule has 21 heavy (non-hydrogen) atoms. The summed E-state index contributed by atoms with van der Waals surface area (Å²) in [7, 11) is 0. The van der Waals surface area contributed by atoms with Crippen LogP contribution in [0.15, 0.2) is 28.7 Å². The van der Waals surface area contributed by atoms with Crippen molar-refractivity contribution in [2.75, 3.05) is 0 Å². The Labute approximate surface area is 139 Å². The van der Waals surface area contributed by atoms with Gasteiger partial charge >= 0.3 is 0 Å². The van der Waals surface area contributed by atoms with E-state index in [1.807, 2.05) is 42.8 Å². The van der Waals surface area contributed by atoms with Gasteiger partial charge in [0.1, 0.15) is 0 Å². The molecule has 1 atom stereocenters. The van der Waals surface area contributed by atoms with Gasteiger partial charge in [-0.1, -0.05) is 46.6 Å². The van der Waals surface area contributed by atoms with E-state index in [-0.39, 0.29) is 0 Å². The number of hydrogen-bond donors (Lipinski definition) is 1. The average Bonchev–Trinajstić information content (AvgIpc) is 2.77. The van der Waals surface area contributed by atoms with Crippen molar-refractivity contribution in [2.45, 2.75) is 45.8 Å². The Kier molecular flexibility index (Phi) is 5.85. The maximum Gasteiger partial charge on any atom is 0.0850 e. The molecular formula is C16H20BrClN2O. The molecule has 1 N–H and O–H groups in total. The second kappa shape index (κ2) is 7.43. The molecule has 1 unspecified atom stereocenters. The van der Waals surface area contributed by atoms with Crippen LogP contribution in [0.1, 0.15) is 30.8 Å². The Hall–Kier alpha value is -0.840. The third kappa shape index (κ3) is 4.09. The first-order chi connectivity index (χ1) is 10.0. The minimum Gasteiger partial charge on any atom is -0.392 e. The van der Waals surface area contributed by atoms with Crippen molar-refractivity contribution < 1.29 is 5.11 Å². The van der Waals surface area contributed by atoms with E-state index in [0.29, 0.717) is 17.9 Å². The summed E-state index contributed by atoms with van der Waals surface area (Å²) in [4.78, 5) is 0. The van der Waals surface area contributed by atoms with Crippen LogP contribution < -0.4 is 0 Å². The Morgan fingerprint density at radius 3 is 2.48 bits per heavy atom. The molecule has 0 aliphatic heterocycles. The second-order valence-corrected chi connectivity index (χ2v) is 6.36. The Balaban J connectivity index is 2.10. The standard InChI is InChI=1S/C16H20BrClN2O/c1-3-14-16(18)15(20(4-2)19-14)10-13(21)9-11-5-7-12(17)8-6-11/h5-8,13,21H,3-4,9-10H2,1-2H3. The summed E-state index contributed by atoms with van der Waals surface area (Å²) in [5.41, 5.74) is 2.95. The van der Waals surface area contributed by atoms with Crippen LogP contribution in [-0.4, -0.2) is 21.0 Å². The third-order valence-electron chi connectivity index (χ3n) is 3.51. The van der Waals surface area contributed by atoms with Gasteiger partial charge in [0.15, 0.2) is 0 Å². The molecule has 3 nitrogen and oxygen atoms in total. The number of aliphatic hydroxyl groups excluding tert-OH is 1. The van der Waals surface area contributed by atoms with Gasteiger partial charge in [-0.25, -0.2) is 0 Å². The minimum absolute atomic E-state index is 0.463. The molecule has 2 aromatic rings. The highest BCUT2D eigenvalue weighted by atomic mass is 79.9. The molecule has 0 radical (unpaired) electrons. The summed E-state index contributed by atoms with van der Waals surface area (Å²) in [6.45, 7) is 4.84. The number of hydrogen-bond acceptors (Lipinski definition) is 2. The first kappa shape index (κ1) is 16.5. The Morgan fingerprint density at radius 2 is 1.90 bits per heavy atom. The van der Waals surface area contributed by atoms with Gasteiger partial charge in [0.05, 0.1) is 22.5 Å². The van der Waals surface area contributed by atoms with E-state index in [1.165, 1.54) is 0 Å². The van der Waals surface area contributed by atoms with Gasteiger partial charge < -0.3 is 5.11 Å². The van der Waals surface area contributed by atoms with Crippen molar-refractivity contribution in [3.63, 3.8) is 0 Å². The van der Waals surface area contributed by atoms with Crippen molar-refractivity contribution in [3.8, 4) is 0 Å². The summed E-state index contributed by atoms with van der Waals surface area (Å²) in [5, 5.41) is 15.5. The van der Waals surface area contributed by atoms with Crippen LogP contribution >= 0.6 is 27.5 Å². The maximum atomic E-state index is 10.3. The van der Waals surface area contributed by atoms with E-state index in [1.54, 1.807) is 0 Å². The fourth-order valence-corrected chi connectivity index (χ4v) is 3.01. The highest BCUT2D eigenvalue weighted by Gasteiger charge is 2.17. The van der Waals surface area contributed by atoms with Crippen LogP contribution in [0, 0.1) is 0 Å². The molecule has 0 amide bonds. The number of nitrogens with zero attached hydrogens (tertiary/aromatic N) is 2. The molecule has 1 aromatic heterocycles. The topological polar surface area (TPSA) is 38.0 Å². The highest BCUT2D eigenvalue weighted by Crippen LogP contribution is 2.23. The average molecular weight is 372 g/mol. The molecule has 0 aliphatic carbocycles. The molecule has 114 valence electrons. The monoisotopic (exact) mass is 370 g/mol. The zero-order valence-electron chi connectivity index (χ0n) is 12.3. The lowest BCUT2D eigenvalue weighted by molar-refractivity contribution is 0.172. The van der Waals surface area contributed by atoms with E-state index < -0.39 is 6.10 Å². The van der Waals surface area contributed by atoms with Gasteiger partial charge in [-0.05, 0) is 37.5 Å². The second-order valence-electron chi connectivity index (χ2n) is 5.07. The maximum absolute atomic E-state index is 10.3. The molecule has 2 rings (SSSR count). The van der Waals surface area contributed by atoms with Crippen molar-refractivity contribution in [2.24, 2.45) is 0 Å². The fourth-order valence-electron chi connectivity index (χ4n) is 2.40. The lowest BCUT2D eigenvalue weighted by Crippen LogP contribution is -2.17. The molecule has 0 saturated heterocycles. The number of aryl methyl sites for hydroxylation is 2. The number of halogens is 2. The zero-order chi connectivity index (χ0) is 15.4. The summed E-state index contributed by atoms with van der Waals surface area (Å²) in [6, 6.07) is 8.01. The number of rotatable bonds is 6. The van der Waals surface area contributed by atoms with Crippen LogP contribution in [0.2, 0.25) is 5.02 Å². The number of aromatic nitrogens is 2. The number of benzene rings is 1. The molecule has 0 spiro atoms.